The van der Waals surface area contributed by atoms with E-state index in [2.05, 4.69) is 0 Å². The van der Waals surface area contributed by atoms with Crippen molar-refractivity contribution in [2.24, 2.45) is 5.73 Å². The van der Waals surface area contributed by atoms with Crippen LogP contribution in [0.2, 0.25) is 5.02 Å². The SMILES string of the molecule is NC1CCCN(c2ccc(Cl)cc2F)C1=O. The molecule has 0 radical (unpaired) electrons. The fraction of sp³-hybridized carbons (Fsp3) is 0.364. The van der Waals surface area contributed by atoms with E-state index in [1.165, 1.54) is 17.0 Å². The number of carbonyl (C=O) groups excluding carboxylic acids is 1. The van der Waals surface area contributed by atoms with Gasteiger partial charge in [-0.25, -0.2) is 4.39 Å². The lowest BCUT2D eigenvalue weighted by Crippen LogP contribution is -2.48. The maximum atomic E-state index is 13.6. The molecule has 2 N–H and O–H groups in total. The molecule has 1 unspecified atom stereocenters. The molecule has 0 bridgehead atoms. The Morgan fingerprint density at radius 3 is 2.94 bits per heavy atom. The molecule has 1 atom stereocenters. The summed E-state index contributed by atoms with van der Waals surface area (Å²) in [7, 11) is 0. The fourth-order valence-electron chi connectivity index (χ4n) is 1.84. The molecule has 0 aliphatic carbocycles. The minimum absolute atomic E-state index is 0.229. The highest BCUT2D eigenvalue weighted by Crippen LogP contribution is 2.25. The van der Waals surface area contributed by atoms with Crippen LogP contribution in [-0.2, 0) is 4.79 Å². The zero-order chi connectivity index (χ0) is 11.7. The molecule has 5 heteroatoms. The molecular formula is C11H12ClFN2O. The summed E-state index contributed by atoms with van der Waals surface area (Å²) in [6.07, 6.45) is 1.44. The average Bonchev–Trinajstić information content (AvgIpc) is 2.23. The van der Waals surface area contributed by atoms with E-state index < -0.39 is 11.9 Å². The molecule has 1 saturated heterocycles. The topological polar surface area (TPSA) is 46.3 Å². The molecule has 0 aromatic heterocycles. The lowest BCUT2D eigenvalue weighted by atomic mass is 10.0. The van der Waals surface area contributed by atoms with Crippen LogP contribution in [0, 0.1) is 5.82 Å². The summed E-state index contributed by atoms with van der Waals surface area (Å²) in [6.45, 7) is 0.505. The number of hydrogen-bond acceptors (Lipinski definition) is 2. The largest absolute Gasteiger partial charge is 0.320 e. The van der Waals surface area contributed by atoms with E-state index >= 15 is 0 Å². The summed E-state index contributed by atoms with van der Waals surface area (Å²) in [6, 6.07) is 3.74. The van der Waals surface area contributed by atoms with Crippen LogP contribution < -0.4 is 10.6 Å². The molecule has 3 nitrogen and oxygen atoms in total. The molecule has 2 rings (SSSR count). The highest BCUT2D eigenvalue weighted by molar-refractivity contribution is 6.30. The number of nitrogens with zero attached hydrogens (tertiary/aromatic N) is 1. The van der Waals surface area contributed by atoms with Gasteiger partial charge in [-0.3, -0.25) is 4.79 Å². The summed E-state index contributed by atoms with van der Waals surface area (Å²) in [5.41, 5.74) is 5.90. The van der Waals surface area contributed by atoms with E-state index in [9.17, 15) is 9.18 Å². The maximum Gasteiger partial charge on any atom is 0.243 e. The third-order valence-corrected chi connectivity index (χ3v) is 2.92. The van der Waals surface area contributed by atoms with Crippen LogP contribution in [0.5, 0.6) is 0 Å². The number of benzene rings is 1. The molecule has 1 amide bonds. The van der Waals surface area contributed by atoms with Gasteiger partial charge in [0.25, 0.3) is 0 Å². The van der Waals surface area contributed by atoms with Gasteiger partial charge in [0.15, 0.2) is 0 Å². The summed E-state index contributed by atoms with van der Waals surface area (Å²) in [4.78, 5) is 13.2. The first kappa shape index (κ1) is 11.4. The third kappa shape index (κ3) is 2.03. The highest BCUT2D eigenvalue weighted by Gasteiger charge is 2.28. The van der Waals surface area contributed by atoms with Gasteiger partial charge in [-0.1, -0.05) is 11.6 Å². The van der Waals surface area contributed by atoms with Crippen LogP contribution in [0.1, 0.15) is 12.8 Å². The number of amides is 1. The van der Waals surface area contributed by atoms with Crippen molar-refractivity contribution in [3.63, 3.8) is 0 Å². The summed E-state index contributed by atoms with van der Waals surface area (Å²) < 4.78 is 13.6. The highest BCUT2D eigenvalue weighted by atomic mass is 35.5. The molecule has 1 aliphatic rings. The first-order valence-corrected chi connectivity index (χ1v) is 5.49. The standard InChI is InChI=1S/C11H12ClFN2O/c12-7-3-4-10(8(13)6-7)15-5-1-2-9(14)11(15)16/h3-4,6,9H,1-2,5,14H2. The molecule has 1 fully saturated rings. The monoisotopic (exact) mass is 242 g/mol. The summed E-state index contributed by atoms with van der Waals surface area (Å²) in [5.74, 6) is -0.720. The Bertz CT molecular complexity index is 424. The average molecular weight is 243 g/mol. The van der Waals surface area contributed by atoms with Crippen molar-refractivity contribution in [3.8, 4) is 0 Å². The van der Waals surface area contributed by atoms with Crippen LogP contribution in [0.25, 0.3) is 0 Å². The molecule has 86 valence electrons. The second-order valence-electron chi connectivity index (χ2n) is 3.83. The number of anilines is 1. The van der Waals surface area contributed by atoms with Gasteiger partial charge in [0, 0.05) is 11.6 Å². The van der Waals surface area contributed by atoms with Crippen molar-refractivity contribution < 1.29 is 9.18 Å². The van der Waals surface area contributed by atoms with Crippen molar-refractivity contribution in [3.05, 3.63) is 29.0 Å². The Hall–Kier alpha value is -1.13. The molecular weight excluding hydrogens is 231 g/mol. The minimum Gasteiger partial charge on any atom is -0.320 e. The van der Waals surface area contributed by atoms with Crippen molar-refractivity contribution in [2.45, 2.75) is 18.9 Å². The Morgan fingerprint density at radius 1 is 1.50 bits per heavy atom. The third-order valence-electron chi connectivity index (χ3n) is 2.68. The molecule has 1 aromatic carbocycles. The van der Waals surface area contributed by atoms with Gasteiger partial charge >= 0.3 is 0 Å². The number of carbonyl (C=O) groups is 1. The first-order chi connectivity index (χ1) is 7.59. The second kappa shape index (κ2) is 4.39. The van der Waals surface area contributed by atoms with Gasteiger partial charge < -0.3 is 10.6 Å². The molecule has 1 aromatic rings. The number of halogens is 2. The zero-order valence-corrected chi connectivity index (χ0v) is 9.38. The Kier molecular flexibility index (Phi) is 3.12. The van der Waals surface area contributed by atoms with E-state index in [1.54, 1.807) is 6.07 Å². The van der Waals surface area contributed by atoms with E-state index in [-0.39, 0.29) is 11.6 Å². The fourth-order valence-corrected chi connectivity index (χ4v) is 2.00. The maximum absolute atomic E-state index is 13.6. The minimum atomic E-state index is -0.524. The molecule has 1 heterocycles. The van der Waals surface area contributed by atoms with E-state index in [4.69, 9.17) is 17.3 Å². The van der Waals surface area contributed by atoms with Crippen LogP contribution in [0.15, 0.2) is 18.2 Å². The number of rotatable bonds is 1. The quantitative estimate of drug-likeness (QED) is 0.818. The summed E-state index contributed by atoms with van der Waals surface area (Å²) >= 11 is 5.65. The Balaban J connectivity index is 2.32. The van der Waals surface area contributed by atoms with Gasteiger partial charge in [0.1, 0.15) is 5.82 Å². The van der Waals surface area contributed by atoms with Crippen LogP contribution in [0.4, 0.5) is 10.1 Å². The van der Waals surface area contributed by atoms with Gasteiger partial charge in [0.05, 0.1) is 11.7 Å². The van der Waals surface area contributed by atoms with Gasteiger partial charge in [0.2, 0.25) is 5.91 Å². The number of piperidine rings is 1. The van der Waals surface area contributed by atoms with Crippen LogP contribution >= 0.6 is 11.6 Å². The van der Waals surface area contributed by atoms with Crippen molar-refractivity contribution >= 4 is 23.2 Å². The second-order valence-corrected chi connectivity index (χ2v) is 4.27. The van der Waals surface area contributed by atoms with Gasteiger partial charge in [-0.05, 0) is 31.0 Å². The Labute approximate surface area is 98.0 Å². The molecule has 0 saturated carbocycles. The van der Waals surface area contributed by atoms with Gasteiger partial charge in [-0.2, -0.15) is 0 Å². The predicted molar refractivity (Wildman–Crippen MR) is 61.0 cm³/mol. The molecule has 16 heavy (non-hydrogen) atoms. The van der Waals surface area contributed by atoms with Crippen LogP contribution in [-0.4, -0.2) is 18.5 Å². The number of nitrogens with two attached hydrogens (primary N) is 1. The molecule has 0 spiro atoms. The smallest absolute Gasteiger partial charge is 0.243 e. The number of hydrogen-bond donors (Lipinski definition) is 1. The predicted octanol–water partition coefficient (Wildman–Crippen LogP) is 1.93. The normalized spacial score (nSPS) is 21.3. The lowest BCUT2D eigenvalue weighted by molar-refractivity contribution is -0.120. The zero-order valence-electron chi connectivity index (χ0n) is 8.62. The van der Waals surface area contributed by atoms with Gasteiger partial charge in [-0.15, -0.1) is 0 Å². The van der Waals surface area contributed by atoms with Crippen molar-refractivity contribution in [1.82, 2.24) is 0 Å². The van der Waals surface area contributed by atoms with E-state index in [0.29, 0.717) is 18.0 Å². The van der Waals surface area contributed by atoms with Crippen LogP contribution in [0.3, 0.4) is 0 Å². The van der Waals surface area contributed by atoms with E-state index in [1.807, 2.05) is 0 Å². The summed E-state index contributed by atoms with van der Waals surface area (Å²) in [5, 5.41) is 0.315. The van der Waals surface area contributed by atoms with Crippen molar-refractivity contribution in [1.29, 1.82) is 0 Å². The molecule has 1 aliphatic heterocycles. The first-order valence-electron chi connectivity index (χ1n) is 5.11. The Morgan fingerprint density at radius 2 is 2.25 bits per heavy atom. The lowest BCUT2D eigenvalue weighted by Gasteiger charge is -2.30. The van der Waals surface area contributed by atoms with Crippen molar-refractivity contribution in [2.75, 3.05) is 11.4 Å². The van der Waals surface area contributed by atoms with E-state index in [0.717, 1.165) is 6.42 Å².